The lowest BCUT2D eigenvalue weighted by molar-refractivity contribution is 0.548. The van der Waals surface area contributed by atoms with Crippen molar-refractivity contribution in [3.05, 3.63) is 6.92 Å². The van der Waals surface area contributed by atoms with E-state index < -0.39 is 0 Å². The zero-order valence-electron chi connectivity index (χ0n) is 5.35. The van der Waals surface area contributed by atoms with E-state index in [0.29, 0.717) is 12.3 Å². The van der Waals surface area contributed by atoms with Crippen molar-refractivity contribution in [1.29, 1.82) is 5.26 Å². The van der Waals surface area contributed by atoms with E-state index >= 15 is 0 Å². The van der Waals surface area contributed by atoms with Crippen LogP contribution in [0.4, 0.5) is 0 Å². The van der Waals surface area contributed by atoms with Crippen molar-refractivity contribution in [2.75, 3.05) is 0 Å². The van der Waals surface area contributed by atoms with Gasteiger partial charge in [-0.2, -0.15) is 5.26 Å². The van der Waals surface area contributed by atoms with Gasteiger partial charge in [-0.05, 0) is 12.3 Å². The summed E-state index contributed by atoms with van der Waals surface area (Å²) in [6.07, 6.45) is 2.62. The minimum absolute atomic E-state index is 0.620. The normalized spacial score (nSPS) is 12.6. The monoisotopic (exact) mass is 110 g/mol. The summed E-state index contributed by atoms with van der Waals surface area (Å²) in [4.78, 5) is 0. The van der Waals surface area contributed by atoms with Gasteiger partial charge in [-0.3, -0.25) is 0 Å². The second kappa shape index (κ2) is 4.64. The molecule has 0 amide bonds. The van der Waals surface area contributed by atoms with Gasteiger partial charge in [-0.1, -0.05) is 20.3 Å². The first-order valence-electron chi connectivity index (χ1n) is 2.97. The molecule has 45 valence electrons. The third kappa shape index (κ3) is 3.67. The molecule has 0 saturated carbocycles. The average molecular weight is 110 g/mol. The average Bonchev–Trinajstić information content (AvgIpc) is 1.83. The number of hydrogen-bond acceptors (Lipinski definition) is 1. The van der Waals surface area contributed by atoms with Crippen LogP contribution in [-0.2, 0) is 0 Å². The summed E-state index contributed by atoms with van der Waals surface area (Å²) in [5.41, 5.74) is 0. The minimum Gasteiger partial charge on any atom is -0.198 e. The van der Waals surface area contributed by atoms with Crippen LogP contribution >= 0.6 is 0 Å². The van der Waals surface area contributed by atoms with Gasteiger partial charge >= 0.3 is 0 Å². The van der Waals surface area contributed by atoms with Crippen LogP contribution in [-0.4, -0.2) is 0 Å². The van der Waals surface area contributed by atoms with Crippen LogP contribution in [0.25, 0.3) is 0 Å². The molecule has 0 aromatic rings. The Kier molecular flexibility index (Phi) is 4.35. The Bertz CT molecular complexity index is 80.9. The number of nitrogens with zero attached hydrogens (tertiary/aromatic N) is 1. The molecule has 1 nitrogen and oxygen atoms in total. The Balaban J connectivity index is 3.01. The highest BCUT2D eigenvalue weighted by molar-refractivity contribution is 4.70. The summed E-state index contributed by atoms with van der Waals surface area (Å²) in [6.45, 7) is 5.84. The smallest absolute Gasteiger partial charge is 0.0621 e. The topological polar surface area (TPSA) is 23.8 Å². The lowest BCUT2D eigenvalue weighted by Crippen LogP contribution is -1.89. The fourth-order valence-electron chi connectivity index (χ4n) is 0.455. The summed E-state index contributed by atoms with van der Waals surface area (Å²) >= 11 is 0. The van der Waals surface area contributed by atoms with E-state index in [0.717, 1.165) is 12.8 Å². The summed E-state index contributed by atoms with van der Waals surface area (Å²) in [5, 5.41) is 8.14. The van der Waals surface area contributed by atoms with Gasteiger partial charge in [0.25, 0.3) is 0 Å². The lowest BCUT2D eigenvalue weighted by atomic mass is 10.0. The van der Waals surface area contributed by atoms with Gasteiger partial charge < -0.3 is 0 Å². The van der Waals surface area contributed by atoms with Crippen molar-refractivity contribution < 1.29 is 0 Å². The zero-order chi connectivity index (χ0) is 6.41. The third-order valence-electron chi connectivity index (χ3n) is 1.24. The van der Waals surface area contributed by atoms with E-state index in [1.54, 1.807) is 0 Å². The molecule has 0 aliphatic heterocycles. The van der Waals surface area contributed by atoms with Crippen molar-refractivity contribution in [3.63, 3.8) is 0 Å². The Hall–Kier alpha value is -0.510. The molecule has 0 aromatic carbocycles. The first kappa shape index (κ1) is 7.49. The van der Waals surface area contributed by atoms with E-state index in [4.69, 9.17) is 5.26 Å². The molecule has 0 saturated heterocycles. The van der Waals surface area contributed by atoms with E-state index in [1.165, 1.54) is 0 Å². The van der Waals surface area contributed by atoms with Gasteiger partial charge in [0.2, 0.25) is 0 Å². The molecule has 1 unspecified atom stereocenters. The van der Waals surface area contributed by atoms with Crippen molar-refractivity contribution >= 4 is 0 Å². The lowest BCUT2D eigenvalue weighted by Gasteiger charge is -2.01. The van der Waals surface area contributed by atoms with Gasteiger partial charge in [0.15, 0.2) is 0 Å². The maximum Gasteiger partial charge on any atom is 0.0621 e. The highest BCUT2D eigenvalue weighted by Gasteiger charge is 1.95. The van der Waals surface area contributed by atoms with Crippen LogP contribution < -0.4 is 0 Å². The van der Waals surface area contributed by atoms with Crippen LogP contribution in [0.3, 0.4) is 0 Å². The Labute approximate surface area is 51.3 Å². The Morgan fingerprint density at radius 2 is 2.38 bits per heavy atom. The van der Waals surface area contributed by atoms with Crippen LogP contribution in [0.1, 0.15) is 26.2 Å². The van der Waals surface area contributed by atoms with Gasteiger partial charge in [-0.25, -0.2) is 0 Å². The molecule has 0 bridgehead atoms. The van der Waals surface area contributed by atoms with Crippen LogP contribution in [0.15, 0.2) is 0 Å². The number of nitriles is 1. The standard InChI is InChI=1S/C7H12N/c1-3-7(2)5-4-6-8/h7H,1,3-5H2,2H3. The summed E-state index contributed by atoms with van der Waals surface area (Å²) in [5.74, 6) is 0.620. The molecule has 0 heterocycles. The van der Waals surface area contributed by atoms with Crippen molar-refractivity contribution in [1.82, 2.24) is 0 Å². The maximum atomic E-state index is 8.14. The SMILES string of the molecule is [CH2]CC(C)CCC#N. The molecule has 0 spiro atoms. The summed E-state index contributed by atoms with van der Waals surface area (Å²) in [7, 11) is 0. The van der Waals surface area contributed by atoms with Gasteiger partial charge in [-0.15, -0.1) is 0 Å². The van der Waals surface area contributed by atoms with E-state index in [9.17, 15) is 0 Å². The predicted octanol–water partition coefficient (Wildman–Crippen LogP) is 2.15. The molecule has 0 aliphatic rings. The molecule has 1 radical (unpaired) electrons. The van der Waals surface area contributed by atoms with E-state index in [2.05, 4.69) is 19.9 Å². The van der Waals surface area contributed by atoms with Crippen molar-refractivity contribution in [3.8, 4) is 6.07 Å². The number of hydrogen-bond donors (Lipinski definition) is 0. The molecule has 0 fully saturated rings. The predicted molar refractivity (Wildman–Crippen MR) is 34.0 cm³/mol. The van der Waals surface area contributed by atoms with Gasteiger partial charge in [0.1, 0.15) is 0 Å². The molecule has 8 heavy (non-hydrogen) atoms. The van der Waals surface area contributed by atoms with E-state index in [-0.39, 0.29) is 0 Å². The second-order valence-corrected chi connectivity index (χ2v) is 2.09. The highest BCUT2D eigenvalue weighted by Crippen LogP contribution is 2.07. The zero-order valence-corrected chi connectivity index (χ0v) is 5.35. The van der Waals surface area contributed by atoms with Gasteiger partial charge in [0, 0.05) is 6.42 Å². The molecular weight excluding hydrogens is 98.1 g/mol. The van der Waals surface area contributed by atoms with Gasteiger partial charge in [0.05, 0.1) is 6.07 Å². The number of rotatable bonds is 3. The third-order valence-corrected chi connectivity index (χ3v) is 1.24. The largest absolute Gasteiger partial charge is 0.198 e. The molecule has 1 heteroatoms. The van der Waals surface area contributed by atoms with Crippen LogP contribution in [0.2, 0.25) is 0 Å². The maximum absolute atomic E-state index is 8.14. The van der Waals surface area contributed by atoms with Crippen molar-refractivity contribution in [2.45, 2.75) is 26.2 Å². The highest BCUT2D eigenvalue weighted by atomic mass is 14.2. The molecule has 0 rings (SSSR count). The fraction of sp³-hybridized carbons (Fsp3) is 0.714. The quantitative estimate of drug-likeness (QED) is 0.546. The molecule has 0 aliphatic carbocycles. The molecule has 0 aromatic heterocycles. The van der Waals surface area contributed by atoms with E-state index in [1.807, 2.05) is 0 Å². The van der Waals surface area contributed by atoms with Crippen LogP contribution in [0, 0.1) is 24.2 Å². The van der Waals surface area contributed by atoms with Crippen LogP contribution in [0.5, 0.6) is 0 Å². The second-order valence-electron chi connectivity index (χ2n) is 2.09. The molecular formula is C7H12N. The first-order valence-corrected chi connectivity index (χ1v) is 2.97. The first-order chi connectivity index (χ1) is 3.81. The van der Waals surface area contributed by atoms with Crippen molar-refractivity contribution in [2.24, 2.45) is 5.92 Å². The minimum atomic E-state index is 0.620. The fourth-order valence-corrected chi connectivity index (χ4v) is 0.455. The Morgan fingerprint density at radius 3 is 2.75 bits per heavy atom. The summed E-state index contributed by atoms with van der Waals surface area (Å²) < 4.78 is 0. The molecule has 1 atom stereocenters. The Morgan fingerprint density at radius 1 is 1.75 bits per heavy atom. The molecule has 0 N–H and O–H groups in total. The summed E-state index contributed by atoms with van der Waals surface area (Å²) in [6, 6.07) is 2.11.